The van der Waals surface area contributed by atoms with Crippen LogP contribution in [0.25, 0.3) is 0 Å². The van der Waals surface area contributed by atoms with Gasteiger partial charge < -0.3 is 5.11 Å². The summed E-state index contributed by atoms with van der Waals surface area (Å²) in [7, 11) is -3.41. The summed E-state index contributed by atoms with van der Waals surface area (Å²) >= 11 is 0. The lowest BCUT2D eigenvalue weighted by Gasteiger charge is -2.40. The summed E-state index contributed by atoms with van der Waals surface area (Å²) < 4.78 is 25.9. The molecule has 3 atom stereocenters. The SMILES string of the molecule is C=C(C1=CCCCC1)S(=O)(=O)C[C@]12CC[C@H](C[C@H]1O)C2(C)C. The van der Waals surface area contributed by atoms with E-state index < -0.39 is 21.4 Å². The number of sulfone groups is 1. The van der Waals surface area contributed by atoms with Crippen molar-refractivity contribution in [2.75, 3.05) is 5.75 Å². The maximum atomic E-state index is 13.0. The van der Waals surface area contributed by atoms with E-state index in [0.717, 1.165) is 50.5 Å². The van der Waals surface area contributed by atoms with Crippen molar-refractivity contribution in [2.24, 2.45) is 16.7 Å². The van der Waals surface area contributed by atoms with Crippen molar-refractivity contribution < 1.29 is 13.5 Å². The third kappa shape index (κ3) is 2.22. The Kier molecular flexibility index (Phi) is 3.84. The summed E-state index contributed by atoms with van der Waals surface area (Å²) in [6.45, 7) is 8.18. The number of aliphatic hydroxyl groups is 1. The molecule has 0 spiro atoms. The van der Waals surface area contributed by atoms with Gasteiger partial charge in [0.05, 0.1) is 16.8 Å². The van der Waals surface area contributed by atoms with Crippen molar-refractivity contribution in [1.29, 1.82) is 0 Å². The van der Waals surface area contributed by atoms with Gasteiger partial charge in [-0.15, -0.1) is 0 Å². The van der Waals surface area contributed by atoms with Gasteiger partial charge in [0.25, 0.3) is 0 Å². The summed E-state index contributed by atoms with van der Waals surface area (Å²) in [6.07, 6.45) is 8.09. The third-order valence-electron chi connectivity index (χ3n) is 6.86. The zero-order valence-corrected chi connectivity index (χ0v) is 14.6. The highest BCUT2D eigenvalue weighted by Crippen LogP contribution is 2.66. The molecular formula is C18H28O3S. The Labute approximate surface area is 134 Å². The fourth-order valence-electron chi connectivity index (χ4n) is 5.10. The second-order valence-electron chi connectivity index (χ2n) is 8.02. The standard InChI is InChI=1S/C18H28O3S/c1-13(14-7-5-4-6-8-14)22(20,21)12-18-10-9-15(11-16(18)19)17(18,2)3/h7,15-16,19H,1,4-6,8-12H2,2-3H3/t15-,16-,18-/m1/s1. The minimum absolute atomic E-state index is 0.0564. The molecule has 22 heavy (non-hydrogen) atoms. The molecule has 0 unspecified atom stereocenters. The fraction of sp³-hybridized carbons (Fsp3) is 0.778. The van der Waals surface area contributed by atoms with Crippen LogP contribution in [0.5, 0.6) is 0 Å². The Morgan fingerprint density at radius 1 is 1.41 bits per heavy atom. The Hall–Kier alpha value is -0.610. The first kappa shape index (κ1) is 16.3. The van der Waals surface area contributed by atoms with Crippen LogP contribution in [0.3, 0.4) is 0 Å². The molecule has 0 aromatic carbocycles. The van der Waals surface area contributed by atoms with Crippen molar-refractivity contribution in [3.63, 3.8) is 0 Å². The van der Waals surface area contributed by atoms with Gasteiger partial charge in [0, 0.05) is 5.41 Å². The van der Waals surface area contributed by atoms with Gasteiger partial charge in [-0.1, -0.05) is 26.5 Å². The van der Waals surface area contributed by atoms with Gasteiger partial charge in [-0.3, -0.25) is 0 Å². The van der Waals surface area contributed by atoms with Crippen molar-refractivity contribution >= 4 is 9.84 Å². The van der Waals surface area contributed by atoms with Crippen LogP contribution in [-0.4, -0.2) is 25.4 Å². The molecule has 2 fully saturated rings. The summed E-state index contributed by atoms with van der Waals surface area (Å²) in [4.78, 5) is 0.305. The molecule has 3 nitrogen and oxygen atoms in total. The summed E-state index contributed by atoms with van der Waals surface area (Å²) in [6, 6.07) is 0. The molecule has 0 aromatic heterocycles. The molecule has 0 amide bonds. The first-order valence-electron chi connectivity index (χ1n) is 8.50. The van der Waals surface area contributed by atoms with Crippen molar-refractivity contribution in [3.8, 4) is 0 Å². The molecule has 2 saturated carbocycles. The normalized spacial score (nSPS) is 37.1. The largest absolute Gasteiger partial charge is 0.392 e. The van der Waals surface area contributed by atoms with Crippen LogP contribution < -0.4 is 0 Å². The number of rotatable bonds is 4. The van der Waals surface area contributed by atoms with E-state index in [9.17, 15) is 13.5 Å². The lowest BCUT2D eigenvalue weighted by Crippen LogP contribution is -2.44. The van der Waals surface area contributed by atoms with Gasteiger partial charge in [0.2, 0.25) is 0 Å². The highest BCUT2D eigenvalue weighted by Gasteiger charge is 2.65. The van der Waals surface area contributed by atoms with Gasteiger partial charge in [-0.25, -0.2) is 8.42 Å². The van der Waals surface area contributed by atoms with E-state index >= 15 is 0 Å². The smallest absolute Gasteiger partial charge is 0.178 e. The van der Waals surface area contributed by atoms with E-state index in [4.69, 9.17) is 0 Å². The van der Waals surface area contributed by atoms with E-state index in [0.29, 0.717) is 10.8 Å². The fourth-order valence-corrected chi connectivity index (χ4v) is 7.24. The lowest BCUT2D eigenvalue weighted by atomic mass is 9.70. The van der Waals surface area contributed by atoms with Crippen LogP contribution in [0.1, 0.15) is 58.8 Å². The molecule has 3 aliphatic rings. The second-order valence-corrected chi connectivity index (χ2v) is 10.0. The monoisotopic (exact) mass is 324 g/mol. The summed E-state index contributed by atoms with van der Waals surface area (Å²) in [5.74, 6) is 0.501. The maximum absolute atomic E-state index is 13.0. The number of allylic oxidation sites excluding steroid dienone is 2. The molecule has 0 heterocycles. The zero-order chi connectivity index (χ0) is 16.2. The van der Waals surface area contributed by atoms with Crippen LogP contribution in [0, 0.1) is 16.7 Å². The average molecular weight is 324 g/mol. The number of fused-ring (bicyclic) bond motifs is 2. The van der Waals surface area contributed by atoms with Gasteiger partial charge in [-0.2, -0.15) is 0 Å². The minimum Gasteiger partial charge on any atom is -0.392 e. The van der Waals surface area contributed by atoms with Gasteiger partial charge >= 0.3 is 0 Å². The highest BCUT2D eigenvalue weighted by atomic mass is 32.2. The van der Waals surface area contributed by atoms with Gasteiger partial charge in [0.1, 0.15) is 0 Å². The van der Waals surface area contributed by atoms with Crippen LogP contribution in [-0.2, 0) is 9.84 Å². The van der Waals surface area contributed by atoms with E-state index in [1.165, 1.54) is 0 Å². The third-order valence-corrected chi connectivity index (χ3v) is 8.77. The molecule has 1 N–H and O–H groups in total. The van der Waals surface area contributed by atoms with Crippen LogP contribution in [0.2, 0.25) is 0 Å². The first-order chi connectivity index (χ1) is 10.2. The number of hydrogen-bond acceptors (Lipinski definition) is 3. The van der Waals surface area contributed by atoms with Gasteiger partial charge in [-0.05, 0) is 61.9 Å². The van der Waals surface area contributed by atoms with E-state index in [-0.39, 0.29) is 11.2 Å². The average Bonchev–Trinajstić information content (AvgIpc) is 2.81. The molecule has 4 heteroatoms. The Morgan fingerprint density at radius 3 is 2.64 bits per heavy atom. The molecule has 2 bridgehead atoms. The topological polar surface area (TPSA) is 54.4 Å². The zero-order valence-electron chi connectivity index (χ0n) is 13.8. The molecule has 0 saturated heterocycles. The molecule has 0 aromatic rings. The second kappa shape index (κ2) is 5.20. The number of aliphatic hydroxyl groups excluding tert-OH is 1. The lowest BCUT2D eigenvalue weighted by molar-refractivity contribution is 0.0155. The molecule has 3 aliphatic carbocycles. The maximum Gasteiger partial charge on any atom is 0.178 e. The van der Waals surface area contributed by atoms with E-state index in [2.05, 4.69) is 20.4 Å². The van der Waals surface area contributed by atoms with Crippen molar-refractivity contribution in [3.05, 3.63) is 23.1 Å². The highest BCUT2D eigenvalue weighted by molar-refractivity contribution is 7.95. The van der Waals surface area contributed by atoms with Crippen LogP contribution in [0.4, 0.5) is 0 Å². The molecular weight excluding hydrogens is 296 g/mol. The first-order valence-corrected chi connectivity index (χ1v) is 10.1. The van der Waals surface area contributed by atoms with Crippen molar-refractivity contribution in [1.82, 2.24) is 0 Å². The Balaban J connectivity index is 1.88. The molecule has 3 rings (SSSR count). The Bertz CT molecular complexity index is 614. The predicted molar refractivity (Wildman–Crippen MR) is 89.0 cm³/mol. The molecule has 124 valence electrons. The minimum atomic E-state index is -3.41. The molecule has 0 radical (unpaired) electrons. The Morgan fingerprint density at radius 2 is 2.14 bits per heavy atom. The summed E-state index contributed by atoms with van der Waals surface area (Å²) in [5.41, 5.74) is 0.303. The predicted octanol–water partition coefficient (Wildman–Crippen LogP) is 3.60. The van der Waals surface area contributed by atoms with Crippen LogP contribution in [0.15, 0.2) is 23.1 Å². The molecule has 0 aliphatic heterocycles. The summed E-state index contributed by atoms with van der Waals surface area (Å²) in [5, 5.41) is 10.6. The number of hydrogen-bond donors (Lipinski definition) is 1. The van der Waals surface area contributed by atoms with Gasteiger partial charge in [0.15, 0.2) is 9.84 Å². The quantitative estimate of drug-likeness (QED) is 0.859. The van der Waals surface area contributed by atoms with Crippen LogP contribution >= 0.6 is 0 Å². The van der Waals surface area contributed by atoms with E-state index in [1.54, 1.807) is 0 Å². The van der Waals surface area contributed by atoms with E-state index in [1.807, 2.05) is 6.08 Å². The van der Waals surface area contributed by atoms with Crippen molar-refractivity contribution in [2.45, 2.75) is 64.9 Å².